The second-order valence-electron chi connectivity index (χ2n) is 7.02. The fourth-order valence-electron chi connectivity index (χ4n) is 5.55. The van der Waals surface area contributed by atoms with Gasteiger partial charge >= 0.3 is 0 Å². The topological polar surface area (TPSA) is 43.8 Å². The summed E-state index contributed by atoms with van der Waals surface area (Å²) in [5.74, 6) is 4.02. The maximum Gasteiger partial charge on any atom is 0.122 e. The molecule has 4 aliphatic carbocycles. The number of hydrogen-bond acceptors (Lipinski definition) is 2. The van der Waals surface area contributed by atoms with Crippen molar-refractivity contribution in [1.82, 2.24) is 9.55 Å². The quantitative estimate of drug-likeness (QED) is 0.869. The van der Waals surface area contributed by atoms with Gasteiger partial charge in [0.15, 0.2) is 0 Å². The molecule has 1 aromatic rings. The first-order valence-corrected chi connectivity index (χ1v) is 7.41. The number of aromatic nitrogens is 2. The lowest BCUT2D eigenvalue weighted by molar-refractivity contribution is -0.00853. The van der Waals surface area contributed by atoms with Crippen LogP contribution in [0.25, 0.3) is 0 Å². The highest BCUT2D eigenvalue weighted by molar-refractivity contribution is 5.23. The van der Waals surface area contributed by atoms with Gasteiger partial charge in [-0.15, -0.1) is 0 Å². The standard InChI is InChI=1S/C15H23N3/c1-18-13(9-17-14(18)8-16)15-5-10-2-11(6-15)4-12(3-10)7-15/h9-12H,2-8,16H2,1H3. The molecular weight excluding hydrogens is 222 g/mol. The minimum atomic E-state index is 0.448. The van der Waals surface area contributed by atoms with Crippen LogP contribution >= 0.6 is 0 Å². The third kappa shape index (κ3) is 1.37. The van der Waals surface area contributed by atoms with Gasteiger partial charge in [0.2, 0.25) is 0 Å². The highest BCUT2D eigenvalue weighted by Crippen LogP contribution is 2.60. The second-order valence-corrected chi connectivity index (χ2v) is 7.02. The van der Waals surface area contributed by atoms with E-state index in [-0.39, 0.29) is 0 Å². The molecule has 3 nitrogen and oxygen atoms in total. The minimum absolute atomic E-state index is 0.448. The Kier molecular flexibility index (Phi) is 2.20. The van der Waals surface area contributed by atoms with Gasteiger partial charge in [0.1, 0.15) is 5.82 Å². The highest BCUT2D eigenvalue weighted by Gasteiger charge is 2.52. The molecule has 4 fully saturated rings. The zero-order valence-electron chi connectivity index (χ0n) is 11.2. The smallest absolute Gasteiger partial charge is 0.122 e. The summed E-state index contributed by atoms with van der Waals surface area (Å²) in [6.45, 7) is 0.558. The molecule has 98 valence electrons. The van der Waals surface area contributed by atoms with E-state index in [2.05, 4.69) is 22.8 Å². The third-order valence-corrected chi connectivity index (χ3v) is 5.85. The highest BCUT2D eigenvalue weighted by atomic mass is 15.1. The first kappa shape index (κ1) is 11.0. The molecule has 0 atom stereocenters. The maximum atomic E-state index is 5.77. The van der Waals surface area contributed by atoms with Crippen molar-refractivity contribution in [3.63, 3.8) is 0 Å². The summed E-state index contributed by atoms with van der Waals surface area (Å²) in [5.41, 5.74) is 7.69. The lowest BCUT2D eigenvalue weighted by Crippen LogP contribution is -2.49. The molecule has 0 amide bonds. The van der Waals surface area contributed by atoms with Crippen LogP contribution in [-0.4, -0.2) is 9.55 Å². The van der Waals surface area contributed by atoms with Gasteiger partial charge in [-0.1, -0.05) is 0 Å². The Morgan fingerprint density at radius 1 is 1.22 bits per heavy atom. The Labute approximate surface area is 109 Å². The summed E-state index contributed by atoms with van der Waals surface area (Å²) >= 11 is 0. The molecule has 4 saturated carbocycles. The van der Waals surface area contributed by atoms with E-state index in [0.717, 1.165) is 23.6 Å². The molecule has 1 aromatic heterocycles. The zero-order chi connectivity index (χ0) is 12.3. The van der Waals surface area contributed by atoms with Crippen LogP contribution in [0.15, 0.2) is 6.20 Å². The Bertz CT molecular complexity index is 439. The van der Waals surface area contributed by atoms with E-state index in [1.54, 1.807) is 0 Å². The summed E-state index contributed by atoms with van der Waals surface area (Å²) in [7, 11) is 2.16. The predicted octanol–water partition coefficient (Wildman–Crippen LogP) is 2.35. The predicted molar refractivity (Wildman–Crippen MR) is 70.9 cm³/mol. The Morgan fingerprint density at radius 3 is 2.22 bits per heavy atom. The van der Waals surface area contributed by atoms with Crippen molar-refractivity contribution in [1.29, 1.82) is 0 Å². The molecule has 0 unspecified atom stereocenters. The molecule has 0 saturated heterocycles. The van der Waals surface area contributed by atoms with E-state index in [0.29, 0.717) is 12.0 Å². The molecule has 0 radical (unpaired) electrons. The molecule has 0 spiro atoms. The van der Waals surface area contributed by atoms with Crippen LogP contribution in [0.5, 0.6) is 0 Å². The lowest BCUT2D eigenvalue weighted by atomic mass is 9.49. The van der Waals surface area contributed by atoms with Gasteiger partial charge in [-0.25, -0.2) is 4.98 Å². The molecule has 0 aliphatic heterocycles. The van der Waals surface area contributed by atoms with E-state index in [9.17, 15) is 0 Å². The molecule has 0 aromatic carbocycles. The van der Waals surface area contributed by atoms with E-state index in [1.165, 1.54) is 44.2 Å². The van der Waals surface area contributed by atoms with E-state index < -0.39 is 0 Å². The van der Waals surface area contributed by atoms with Crippen molar-refractivity contribution in [2.75, 3.05) is 0 Å². The first-order valence-electron chi connectivity index (χ1n) is 7.41. The van der Waals surface area contributed by atoms with E-state index in [4.69, 9.17) is 5.73 Å². The van der Waals surface area contributed by atoms with Gasteiger partial charge < -0.3 is 10.3 Å². The fraction of sp³-hybridized carbons (Fsp3) is 0.800. The van der Waals surface area contributed by atoms with E-state index in [1.807, 2.05) is 0 Å². The number of rotatable bonds is 2. The van der Waals surface area contributed by atoms with Crippen LogP contribution in [0.3, 0.4) is 0 Å². The maximum absolute atomic E-state index is 5.77. The molecule has 2 N–H and O–H groups in total. The lowest BCUT2D eigenvalue weighted by Gasteiger charge is -2.56. The molecule has 5 rings (SSSR count). The average molecular weight is 245 g/mol. The monoisotopic (exact) mass is 245 g/mol. The number of hydrogen-bond donors (Lipinski definition) is 1. The third-order valence-electron chi connectivity index (χ3n) is 5.85. The van der Waals surface area contributed by atoms with Crippen LogP contribution in [0.2, 0.25) is 0 Å². The van der Waals surface area contributed by atoms with Crippen molar-refractivity contribution in [3.8, 4) is 0 Å². The fourth-order valence-corrected chi connectivity index (χ4v) is 5.55. The largest absolute Gasteiger partial charge is 0.334 e. The number of nitrogens with zero attached hydrogens (tertiary/aromatic N) is 2. The van der Waals surface area contributed by atoms with Crippen molar-refractivity contribution in [2.24, 2.45) is 30.5 Å². The van der Waals surface area contributed by atoms with E-state index >= 15 is 0 Å². The van der Waals surface area contributed by atoms with Crippen LogP contribution in [0.4, 0.5) is 0 Å². The van der Waals surface area contributed by atoms with Gasteiger partial charge in [-0.2, -0.15) is 0 Å². The molecular formula is C15H23N3. The molecule has 18 heavy (non-hydrogen) atoms. The Balaban J connectivity index is 1.76. The zero-order valence-corrected chi connectivity index (χ0v) is 11.2. The van der Waals surface area contributed by atoms with Gasteiger partial charge in [0.25, 0.3) is 0 Å². The van der Waals surface area contributed by atoms with Gasteiger partial charge in [-0.3, -0.25) is 0 Å². The molecule has 1 heterocycles. The average Bonchev–Trinajstić information content (AvgIpc) is 2.69. The van der Waals surface area contributed by atoms with Crippen LogP contribution in [-0.2, 0) is 19.0 Å². The Hall–Kier alpha value is -0.830. The second kappa shape index (κ2) is 3.60. The van der Waals surface area contributed by atoms with Crippen LogP contribution in [0.1, 0.15) is 50.0 Å². The first-order chi connectivity index (χ1) is 8.70. The number of imidazole rings is 1. The van der Waals surface area contributed by atoms with Crippen molar-refractivity contribution in [2.45, 2.75) is 50.5 Å². The van der Waals surface area contributed by atoms with Crippen LogP contribution < -0.4 is 5.73 Å². The summed E-state index contributed by atoms with van der Waals surface area (Å²) in [6.07, 6.45) is 10.8. The summed E-state index contributed by atoms with van der Waals surface area (Å²) in [5, 5.41) is 0. The molecule has 4 aliphatic rings. The molecule has 3 heteroatoms. The molecule has 4 bridgehead atoms. The van der Waals surface area contributed by atoms with Crippen molar-refractivity contribution >= 4 is 0 Å². The summed E-state index contributed by atoms with van der Waals surface area (Å²) in [4.78, 5) is 4.53. The van der Waals surface area contributed by atoms with Gasteiger partial charge in [0.05, 0.1) is 6.54 Å². The van der Waals surface area contributed by atoms with Crippen molar-refractivity contribution < 1.29 is 0 Å². The summed E-state index contributed by atoms with van der Waals surface area (Å²) < 4.78 is 2.28. The number of nitrogens with two attached hydrogens (primary N) is 1. The van der Waals surface area contributed by atoms with Crippen molar-refractivity contribution in [3.05, 3.63) is 17.7 Å². The Morgan fingerprint density at radius 2 is 1.78 bits per heavy atom. The normalized spacial score (nSPS) is 41.6. The van der Waals surface area contributed by atoms with Gasteiger partial charge in [-0.05, 0) is 56.3 Å². The SMILES string of the molecule is Cn1c(C23CC4CC(CC(C4)C2)C3)cnc1CN. The summed E-state index contributed by atoms with van der Waals surface area (Å²) in [6, 6.07) is 0. The van der Waals surface area contributed by atoms with Crippen LogP contribution in [0, 0.1) is 17.8 Å². The minimum Gasteiger partial charge on any atom is -0.334 e. The van der Waals surface area contributed by atoms with Gasteiger partial charge in [0, 0.05) is 24.4 Å².